The molecule has 0 saturated heterocycles. The first-order chi connectivity index (χ1) is 11.3. The van der Waals surface area contributed by atoms with Crippen LogP contribution in [0, 0.1) is 5.92 Å². The molecule has 3 nitrogen and oxygen atoms in total. The van der Waals surface area contributed by atoms with E-state index < -0.39 is 14.2 Å². The van der Waals surface area contributed by atoms with Crippen LogP contribution in [0.5, 0.6) is 0 Å². The Kier molecular flexibility index (Phi) is 9.09. The van der Waals surface area contributed by atoms with E-state index in [0.717, 1.165) is 30.9 Å². The predicted octanol–water partition coefficient (Wildman–Crippen LogP) is 4.95. The van der Waals surface area contributed by atoms with Crippen molar-refractivity contribution < 1.29 is 9.90 Å². The summed E-state index contributed by atoms with van der Waals surface area (Å²) in [5, 5.41) is 9.74. The largest absolute Gasteiger partial charge is 0.480 e. The Balaban J connectivity index is 2.55. The fraction of sp³-hybridized carbons (Fsp3) is 0.632. The third kappa shape index (κ3) is 6.99. The summed E-state index contributed by atoms with van der Waals surface area (Å²) in [5.41, 5.74) is 1.35. The zero-order valence-corrected chi connectivity index (χ0v) is 17.6. The third-order valence-electron chi connectivity index (χ3n) is 4.43. The van der Waals surface area contributed by atoms with Gasteiger partial charge in [-0.15, -0.1) is 0 Å². The Bertz CT molecular complexity index is 490. The Morgan fingerprint density at radius 3 is 2.38 bits per heavy atom. The second-order valence-electron chi connectivity index (χ2n) is 7.42. The molecule has 136 valence electrons. The van der Waals surface area contributed by atoms with E-state index in [9.17, 15) is 9.90 Å². The average Bonchev–Trinajstić information content (AvgIpc) is 2.52. The number of carboxylic acid groups (broad SMARTS) is 1. The van der Waals surface area contributed by atoms with E-state index in [-0.39, 0.29) is 12.0 Å². The van der Waals surface area contributed by atoms with Gasteiger partial charge in [-0.2, -0.15) is 11.8 Å². The van der Waals surface area contributed by atoms with Crippen molar-refractivity contribution >= 4 is 26.0 Å². The summed E-state index contributed by atoms with van der Waals surface area (Å²) in [6.07, 6.45) is 1.95. The molecule has 1 N–H and O–H groups in total. The molecule has 24 heavy (non-hydrogen) atoms. The van der Waals surface area contributed by atoms with Crippen LogP contribution < -0.4 is 0 Å². The van der Waals surface area contributed by atoms with Crippen molar-refractivity contribution in [2.75, 3.05) is 12.3 Å². The van der Waals surface area contributed by atoms with Crippen LogP contribution in [0.3, 0.4) is 0 Å². The standard InChI is InChI=1S/C19H33NO2SSi/c1-6-16(2)18(19(21)22)20(24(3,4)5)13-10-14-23-15-17-11-8-7-9-12-17/h7-9,11-12,16,18H,6,10,13-15H2,1-5H3,(H,21,22)/t16-,18-/m0/s1. The molecule has 0 radical (unpaired) electrons. The van der Waals surface area contributed by atoms with Crippen LogP contribution in [0.25, 0.3) is 0 Å². The summed E-state index contributed by atoms with van der Waals surface area (Å²) in [6, 6.07) is 10.2. The van der Waals surface area contributed by atoms with Crippen molar-refractivity contribution in [3.8, 4) is 0 Å². The highest BCUT2D eigenvalue weighted by Crippen LogP contribution is 2.23. The van der Waals surface area contributed by atoms with Gasteiger partial charge < -0.3 is 9.67 Å². The van der Waals surface area contributed by atoms with Crippen LogP contribution >= 0.6 is 11.8 Å². The van der Waals surface area contributed by atoms with Gasteiger partial charge in [0.15, 0.2) is 0 Å². The van der Waals surface area contributed by atoms with E-state index in [1.807, 2.05) is 17.8 Å². The van der Waals surface area contributed by atoms with E-state index >= 15 is 0 Å². The molecule has 1 rings (SSSR count). The maximum Gasteiger partial charge on any atom is 0.320 e. The van der Waals surface area contributed by atoms with Crippen LogP contribution in [-0.2, 0) is 10.5 Å². The minimum Gasteiger partial charge on any atom is -0.480 e. The molecule has 5 heteroatoms. The van der Waals surface area contributed by atoms with Crippen LogP contribution in [0.1, 0.15) is 32.3 Å². The van der Waals surface area contributed by atoms with Gasteiger partial charge >= 0.3 is 5.97 Å². The average molecular weight is 368 g/mol. The highest BCUT2D eigenvalue weighted by atomic mass is 32.2. The summed E-state index contributed by atoms with van der Waals surface area (Å²) in [5.74, 6) is 1.62. The smallest absolute Gasteiger partial charge is 0.320 e. The molecule has 0 aliphatic carbocycles. The molecular formula is C19H33NO2SSi. The van der Waals surface area contributed by atoms with E-state index in [1.165, 1.54) is 5.56 Å². The van der Waals surface area contributed by atoms with Crippen molar-refractivity contribution in [3.63, 3.8) is 0 Å². The molecule has 1 aromatic rings. The molecule has 0 unspecified atom stereocenters. The fourth-order valence-electron chi connectivity index (χ4n) is 2.90. The van der Waals surface area contributed by atoms with Crippen molar-refractivity contribution in [1.82, 2.24) is 4.57 Å². The van der Waals surface area contributed by atoms with Gasteiger partial charge in [0.05, 0.1) is 0 Å². The van der Waals surface area contributed by atoms with E-state index in [0.29, 0.717) is 0 Å². The molecule has 0 saturated carbocycles. The second kappa shape index (κ2) is 10.3. The number of rotatable bonds is 11. The molecule has 2 atom stereocenters. The number of aliphatic carboxylic acids is 1. The number of hydrogen-bond acceptors (Lipinski definition) is 3. The van der Waals surface area contributed by atoms with Crippen molar-refractivity contribution in [1.29, 1.82) is 0 Å². The highest BCUT2D eigenvalue weighted by molar-refractivity contribution is 7.98. The molecular weight excluding hydrogens is 334 g/mol. The molecule has 1 aromatic carbocycles. The number of carboxylic acids is 1. The summed E-state index contributed by atoms with van der Waals surface area (Å²) in [4.78, 5) is 11.8. The lowest BCUT2D eigenvalue weighted by Crippen LogP contribution is -2.57. The zero-order chi connectivity index (χ0) is 18.2. The minimum absolute atomic E-state index is 0.186. The Morgan fingerprint density at radius 1 is 1.25 bits per heavy atom. The monoisotopic (exact) mass is 367 g/mol. The second-order valence-corrected chi connectivity index (χ2v) is 13.4. The molecule has 0 fully saturated rings. The molecule has 0 aliphatic rings. The Morgan fingerprint density at radius 2 is 1.88 bits per heavy atom. The lowest BCUT2D eigenvalue weighted by molar-refractivity contribution is -0.143. The number of hydrogen-bond donors (Lipinski definition) is 1. The fourth-order valence-corrected chi connectivity index (χ4v) is 5.83. The molecule has 0 spiro atoms. The Hall–Kier alpha value is -0.783. The lowest BCUT2D eigenvalue weighted by Gasteiger charge is -2.41. The van der Waals surface area contributed by atoms with Gasteiger partial charge in [-0.1, -0.05) is 70.2 Å². The number of carbonyl (C=O) groups is 1. The maximum absolute atomic E-state index is 11.8. The molecule has 0 bridgehead atoms. The van der Waals surface area contributed by atoms with Gasteiger partial charge in [0.25, 0.3) is 0 Å². The first-order valence-electron chi connectivity index (χ1n) is 8.88. The summed E-state index contributed by atoms with van der Waals surface area (Å²) >= 11 is 1.93. The van der Waals surface area contributed by atoms with Crippen LogP contribution in [-0.4, -0.2) is 42.2 Å². The third-order valence-corrected chi connectivity index (χ3v) is 7.77. The van der Waals surface area contributed by atoms with Crippen LogP contribution in [0.4, 0.5) is 0 Å². The van der Waals surface area contributed by atoms with E-state index in [1.54, 1.807) is 0 Å². The molecule has 0 aromatic heterocycles. The van der Waals surface area contributed by atoms with Gasteiger partial charge in [0, 0.05) is 5.75 Å². The van der Waals surface area contributed by atoms with Gasteiger partial charge in [-0.25, -0.2) is 0 Å². The van der Waals surface area contributed by atoms with Gasteiger partial charge in [-0.3, -0.25) is 4.79 Å². The molecule has 0 amide bonds. The number of thioether (sulfide) groups is 1. The van der Waals surface area contributed by atoms with Crippen LogP contribution in [0.2, 0.25) is 19.6 Å². The normalized spacial score (nSPS) is 14.6. The van der Waals surface area contributed by atoms with Gasteiger partial charge in [0.2, 0.25) is 0 Å². The minimum atomic E-state index is -1.67. The highest BCUT2D eigenvalue weighted by Gasteiger charge is 2.37. The SMILES string of the molecule is CC[C@H](C)[C@@H](C(=O)O)N(CCCSCc1ccccc1)[Si](C)(C)C. The zero-order valence-electron chi connectivity index (χ0n) is 15.8. The van der Waals surface area contributed by atoms with Crippen molar-refractivity contribution in [2.45, 2.75) is 58.1 Å². The topological polar surface area (TPSA) is 40.5 Å². The molecule has 0 heterocycles. The lowest BCUT2D eigenvalue weighted by atomic mass is 9.99. The predicted molar refractivity (Wildman–Crippen MR) is 108 cm³/mol. The number of nitrogens with zero attached hydrogens (tertiary/aromatic N) is 1. The van der Waals surface area contributed by atoms with Gasteiger partial charge in [-0.05, 0) is 30.2 Å². The first kappa shape index (κ1) is 21.3. The van der Waals surface area contributed by atoms with Gasteiger partial charge in [0.1, 0.15) is 14.3 Å². The quantitative estimate of drug-likeness (QED) is 0.444. The summed E-state index contributed by atoms with van der Waals surface area (Å²) in [7, 11) is -1.67. The maximum atomic E-state index is 11.8. The van der Waals surface area contributed by atoms with E-state index in [4.69, 9.17) is 0 Å². The van der Waals surface area contributed by atoms with Crippen molar-refractivity contribution in [3.05, 3.63) is 35.9 Å². The van der Waals surface area contributed by atoms with E-state index in [2.05, 4.69) is 62.3 Å². The molecule has 0 aliphatic heterocycles. The first-order valence-corrected chi connectivity index (χ1v) is 13.5. The summed E-state index contributed by atoms with van der Waals surface area (Å²) < 4.78 is 2.31. The van der Waals surface area contributed by atoms with Crippen LogP contribution in [0.15, 0.2) is 30.3 Å². The summed E-state index contributed by atoms with van der Waals surface area (Å²) in [6.45, 7) is 11.8. The van der Waals surface area contributed by atoms with Crippen molar-refractivity contribution in [2.24, 2.45) is 5.92 Å². The number of benzene rings is 1. The Labute approximate surface area is 152 Å².